The number of hydrogen-bond donors (Lipinski definition) is 2. The van der Waals surface area contributed by atoms with E-state index in [-0.39, 0.29) is 11.8 Å². The molecule has 2 N–H and O–H groups in total. The molecule has 3 atom stereocenters. The number of aryl methyl sites for hydroxylation is 2. The van der Waals surface area contributed by atoms with Crippen LogP contribution in [0.4, 0.5) is 0 Å². The summed E-state index contributed by atoms with van der Waals surface area (Å²) < 4.78 is 0. The van der Waals surface area contributed by atoms with Crippen LogP contribution < -0.4 is 0 Å². The standard InChI is InChI=1S/C13H18O3S/c1-7-6-8(2)17-12(7)11(14)9-4-3-5-10(9)13(15)16/h6,9-11,14H,3-5H2,1-2H3,(H,15,16). The van der Waals surface area contributed by atoms with Crippen molar-refractivity contribution in [2.24, 2.45) is 11.8 Å². The van der Waals surface area contributed by atoms with E-state index in [0.717, 1.165) is 23.3 Å². The second kappa shape index (κ2) is 4.78. The van der Waals surface area contributed by atoms with Crippen LogP contribution in [0.25, 0.3) is 0 Å². The normalized spacial score (nSPS) is 26.1. The summed E-state index contributed by atoms with van der Waals surface area (Å²) in [5.74, 6) is -1.27. The van der Waals surface area contributed by atoms with Gasteiger partial charge >= 0.3 is 5.97 Å². The van der Waals surface area contributed by atoms with Crippen molar-refractivity contribution >= 4 is 17.3 Å². The number of carboxylic acids is 1. The molecule has 17 heavy (non-hydrogen) atoms. The van der Waals surface area contributed by atoms with Crippen LogP contribution in [0.15, 0.2) is 6.07 Å². The zero-order valence-corrected chi connectivity index (χ0v) is 11.0. The summed E-state index contributed by atoms with van der Waals surface area (Å²) in [6.45, 7) is 3.99. The third-order valence-electron chi connectivity index (χ3n) is 3.64. The Balaban J connectivity index is 2.22. The highest BCUT2D eigenvalue weighted by molar-refractivity contribution is 7.12. The molecule has 1 heterocycles. The van der Waals surface area contributed by atoms with Gasteiger partial charge in [-0.25, -0.2) is 0 Å². The molecular weight excluding hydrogens is 236 g/mol. The van der Waals surface area contributed by atoms with Gasteiger partial charge in [0.25, 0.3) is 0 Å². The van der Waals surface area contributed by atoms with Crippen LogP contribution in [0.5, 0.6) is 0 Å². The van der Waals surface area contributed by atoms with E-state index in [1.54, 1.807) is 11.3 Å². The minimum Gasteiger partial charge on any atom is -0.481 e. The van der Waals surface area contributed by atoms with Gasteiger partial charge in [-0.2, -0.15) is 0 Å². The number of hydrogen-bond acceptors (Lipinski definition) is 3. The summed E-state index contributed by atoms with van der Waals surface area (Å²) in [4.78, 5) is 13.2. The minimum absolute atomic E-state index is 0.121. The molecule has 1 aromatic rings. The molecule has 1 aliphatic rings. The van der Waals surface area contributed by atoms with Gasteiger partial charge in [-0.15, -0.1) is 11.3 Å². The number of aliphatic hydroxyl groups is 1. The predicted molar refractivity (Wildman–Crippen MR) is 67.2 cm³/mol. The molecule has 3 nitrogen and oxygen atoms in total. The summed E-state index contributed by atoms with van der Waals surface area (Å²) >= 11 is 1.58. The van der Waals surface area contributed by atoms with Gasteiger partial charge in [0.15, 0.2) is 0 Å². The smallest absolute Gasteiger partial charge is 0.306 e. The highest BCUT2D eigenvalue weighted by Gasteiger charge is 2.38. The van der Waals surface area contributed by atoms with Gasteiger partial charge in [0, 0.05) is 15.7 Å². The van der Waals surface area contributed by atoms with Crippen LogP contribution in [0.2, 0.25) is 0 Å². The number of aliphatic carboxylic acids is 1. The molecule has 0 aromatic carbocycles. The van der Waals surface area contributed by atoms with Crippen LogP contribution in [-0.2, 0) is 4.79 Å². The van der Waals surface area contributed by atoms with Crippen LogP contribution in [-0.4, -0.2) is 16.2 Å². The molecule has 0 amide bonds. The topological polar surface area (TPSA) is 57.5 Å². The van der Waals surface area contributed by atoms with Crippen molar-refractivity contribution in [3.05, 3.63) is 21.4 Å². The lowest BCUT2D eigenvalue weighted by Crippen LogP contribution is -2.23. The number of carboxylic acid groups (broad SMARTS) is 1. The van der Waals surface area contributed by atoms with Crippen molar-refractivity contribution in [1.82, 2.24) is 0 Å². The van der Waals surface area contributed by atoms with Crippen molar-refractivity contribution in [2.45, 2.75) is 39.2 Å². The lowest BCUT2D eigenvalue weighted by molar-refractivity contribution is -0.144. The second-order valence-electron chi connectivity index (χ2n) is 4.89. The van der Waals surface area contributed by atoms with Gasteiger partial charge in [-0.3, -0.25) is 4.79 Å². The van der Waals surface area contributed by atoms with Crippen molar-refractivity contribution in [2.75, 3.05) is 0 Å². The van der Waals surface area contributed by atoms with Gasteiger partial charge in [0.1, 0.15) is 0 Å². The minimum atomic E-state index is -0.766. The monoisotopic (exact) mass is 254 g/mol. The molecular formula is C13H18O3S. The van der Waals surface area contributed by atoms with Crippen molar-refractivity contribution in [3.63, 3.8) is 0 Å². The molecule has 3 unspecified atom stereocenters. The van der Waals surface area contributed by atoms with Gasteiger partial charge in [0.05, 0.1) is 12.0 Å². The van der Waals surface area contributed by atoms with E-state index in [0.29, 0.717) is 6.42 Å². The van der Waals surface area contributed by atoms with E-state index in [9.17, 15) is 9.90 Å². The average molecular weight is 254 g/mol. The Morgan fingerprint density at radius 3 is 2.71 bits per heavy atom. The van der Waals surface area contributed by atoms with Crippen LogP contribution >= 0.6 is 11.3 Å². The van der Waals surface area contributed by atoms with E-state index in [2.05, 4.69) is 0 Å². The molecule has 0 bridgehead atoms. The van der Waals surface area contributed by atoms with Gasteiger partial charge in [-0.05, 0) is 38.3 Å². The maximum absolute atomic E-state index is 11.1. The summed E-state index contributed by atoms with van der Waals surface area (Å²) in [5, 5.41) is 19.5. The fourth-order valence-electron chi connectivity index (χ4n) is 2.82. The molecule has 94 valence electrons. The first-order valence-corrected chi connectivity index (χ1v) is 6.80. The molecule has 1 fully saturated rings. The van der Waals surface area contributed by atoms with Crippen LogP contribution in [0.1, 0.15) is 40.7 Å². The Labute approximate surface area is 105 Å². The third-order valence-corrected chi connectivity index (χ3v) is 4.86. The van der Waals surface area contributed by atoms with E-state index in [1.165, 1.54) is 4.88 Å². The number of carbonyl (C=O) groups is 1. The lowest BCUT2D eigenvalue weighted by atomic mass is 9.89. The van der Waals surface area contributed by atoms with Crippen molar-refractivity contribution < 1.29 is 15.0 Å². The zero-order chi connectivity index (χ0) is 12.6. The largest absolute Gasteiger partial charge is 0.481 e. The first kappa shape index (κ1) is 12.6. The summed E-state index contributed by atoms with van der Waals surface area (Å²) in [5.41, 5.74) is 1.08. The number of thiophene rings is 1. The zero-order valence-electron chi connectivity index (χ0n) is 10.1. The Morgan fingerprint density at radius 1 is 1.47 bits per heavy atom. The highest BCUT2D eigenvalue weighted by Crippen LogP contribution is 2.43. The molecule has 0 saturated heterocycles. The quantitative estimate of drug-likeness (QED) is 0.872. The van der Waals surface area contributed by atoms with Crippen molar-refractivity contribution in [1.29, 1.82) is 0 Å². The molecule has 0 aliphatic heterocycles. The maximum Gasteiger partial charge on any atom is 0.306 e. The van der Waals surface area contributed by atoms with Crippen molar-refractivity contribution in [3.8, 4) is 0 Å². The molecule has 4 heteroatoms. The first-order valence-electron chi connectivity index (χ1n) is 5.98. The van der Waals surface area contributed by atoms with Crippen LogP contribution in [0.3, 0.4) is 0 Å². The third kappa shape index (κ3) is 2.38. The Hall–Kier alpha value is -0.870. The number of aliphatic hydroxyl groups excluding tert-OH is 1. The Morgan fingerprint density at radius 2 is 2.18 bits per heavy atom. The summed E-state index contributed by atoms with van der Waals surface area (Å²) in [6.07, 6.45) is 1.80. The second-order valence-corrected chi connectivity index (χ2v) is 6.18. The Kier molecular flexibility index (Phi) is 3.54. The van der Waals surface area contributed by atoms with Gasteiger partial charge in [0.2, 0.25) is 0 Å². The number of rotatable bonds is 3. The predicted octanol–water partition coefficient (Wildman–Crippen LogP) is 2.90. The first-order chi connectivity index (χ1) is 8.00. The summed E-state index contributed by atoms with van der Waals surface area (Å²) in [7, 11) is 0. The molecule has 0 spiro atoms. The molecule has 1 aliphatic carbocycles. The van der Waals surface area contributed by atoms with E-state index in [4.69, 9.17) is 5.11 Å². The fraction of sp³-hybridized carbons (Fsp3) is 0.615. The molecule has 1 aromatic heterocycles. The fourth-order valence-corrected chi connectivity index (χ4v) is 3.92. The van der Waals surface area contributed by atoms with E-state index < -0.39 is 12.1 Å². The maximum atomic E-state index is 11.1. The summed E-state index contributed by atoms with van der Waals surface area (Å²) in [6, 6.07) is 2.05. The van der Waals surface area contributed by atoms with E-state index >= 15 is 0 Å². The molecule has 2 rings (SSSR count). The van der Waals surface area contributed by atoms with E-state index in [1.807, 2.05) is 19.9 Å². The highest BCUT2D eigenvalue weighted by atomic mass is 32.1. The average Bonchev–Trinajstić information content (AvgIpc) is 2.83. The SMILES string of the molecule is Cc1cc(C)c(C(O)C2CCCC2C(=O)O)s1. The Bertz CT molecular complexity index is 424. The molecule has 1 saturated carbocycles. The molecule has 0 radical (unpaired) electrons. The van der Waals surface area contributed by atoms with Crippen LogP contribution in [0, 0.1) is 25.7 Å². The van der Waals surface area contributed by atoms with Gasteiger partial charge in [-0.1, -0.05) is 6.42 Å². The van der Waals surface area contributed by atoms with Gasteiger partial charge < -0.3 is 10.2 Å². The lowest BCUT2D eigenvalue weighted by Gasteiger charge is -2.21.